The van der Waals surface area contributed by atoms with Gasteiger partial charge in [0.1, 0.15) is 5.82 Å². The Kier molecular flexibility index (Phi) is 3.86. The molecule has 1 aromatic carbocycles. The molecule has 0 bridgehead atoms. The molecule has 1 N–H and O–H groups in total. The molecule has 0 radical (unpaired) electrons. The second-order valence-electron chi connectivity index (χ2n) is 4.47. The number of benzene rings is 1. The van der Waals surface area contributed by atoms with E-state index in [4.69, 9.17) is 5.11 Å². The number of rotatable bonds is 3. The number of carboxylic acids is 1. The van der Waals surface area contributed by atoms with Gasteiger partial charge < -0.3 is 5.11 Å². The fraction of sp³-hybridized carbons (Fsp3) is 0.417. The van der Waals surface area contributed by atoms with Crippen LogP contribution >= 0.6 is 0 Å². The van der Waals surface area contributed by atoms with Crippen molar-refractivity contribution in [3.05, 3.63) is 30.1 Å². The zero-order valence-electron chi connectivity index (χ0n) is 10.1. The topological polar surface area (TPSA) is 74.7 Å². The molecule has 0 saturated carbocycles. The number of carboxylic acid groups (broad SMARTS) is 1. The first-order chi connectivity index (χ1) is 8.91. The second-order valence-corrected chi connectivity index (χ2v) is 6.41. The van der Waals surface area contributed by atoms with E-state index >= 15 is 0 Å². The highest BCUT2D eigenvalue weighted by Crippen LogP contribution is 2.23. The summed E-state index contributed by atoms with van der Waals surface area (Å²) in [6.45, 7) is 0.355. The number of halogens is 1. The Morgan fingerprint density at radius 1 is 1.21 bits per heavy atom. The quantitative estimate of drug-likeness (QED) is 0.909. The zero-order chi connectivity index (χ0) is 14.0. The van der Waals surface area contributed by atoms with Gasteiger partial charge in [-0.25, -0.2) is 12.8 Å². The van der Waals surface area contributed by atoms with E-state index in [1.54, 1.807) is 0 Å². The molecule has 1 aromatic rings. The number of carbonyl (C=O) groups is 1. The number of sulfonamides is 1. The lowest BCUT2D eigenvalue weighted by atomic mass is 9.99. The summed E-state index contributed by atoms with van der Waals surface area (Å²) in [6.07, 6.45) is 0.603. The third-order valence-electron chi connectivity index (χ3n) is 3.25. The van der Waals surface area contributed by atoms with Crippen LogP contribution in [0.1, 0.15) is 12.8 Å². The van der Waals surface area contributed by atoms with Gasteiger partial charge in [-0.15, -0.1) is 0 Å². The molecule has 104 valence electrons. The summed E-state index contributed by atoms with van der Waals surface area (Å²) >= 11 is 0. The van der Waals surface area contributed by atoms with Crippen LogP contribution in [0.25, 0.3) is 0 Å². The predicted octanol–water partition coefficient (Wildman–Crippen LogP) is 1.31. The summed E-state index contributed by atoms with van der Waals surface area (Å²) in [7, 11) is -3.65. The number of hydrogen-bond donors (Lipinski definition) is 1. The lowest BCUT2D eigenvalue weighted by molar-refractivity contribution is -0.142. The molecule has 0 spiro atoms. The number of piperidine rings is 1. The van der Waals surface area contributed by atoms with Crippen LogP contribution in [0.4, 0.5) is 4.39 Å². The van der Waals surface area contributed by atoms with Crippen LogP contribution in [0.2, 0.25) is 0 Å². The average molecular weight is 287 g/mol. The first-order valence-electron chi connectivity index (χ1n) is 5.90. The van der Waals surface area contributed by atoms with Gasteiger partial charge in [0.2, 0.25) is 10.0 Å². The maximum atomic E-state index is 12.8. The zero-order valence-corrected chi connectivity index (χ0v) is 10.9. The van der Waals surface area contributed by atoms with Crippen molar-refractivity contribution in [1.82, 2.24) is 4.31 Å². The molecule has 1 saturated heterocycles. The molecular weight excluding hydrogens is 273 g/mol. The van der Waals surface area contributed by atoms with E-state index in [1.807, 2.05) is 0 Å². The summed E-state index contributed by atoms with van der Waals surface area (Å²) < 4.78 is 38.5. The molecule has 7 heteroatoms. The largest absolute Gasteiger partial charge is 0.481 e. The third-order valence-corrected chi connectivity index (χ3v) is 5.17. The summed E-state index contributed by atoms with van der Waals surface area (Å²) in [4.78, 5) is 10.8. The Labute approximate surface area is 110 Å². The van der Waals surface area contributed by atoms with Crippen molar-refractivity contribution in [2.24, 2.45) is 5.92 Å². The van der Waals surface area contributed by atoms with Gasteiger partial charge in [0.15, 0.2) is 0 Å². The highest BCUT2D eigenvalue weighted by molar-refractivity contribution is 7.89. The molecule has 0 atom stereocenters. The van der Waals surface area contributed by atoms with Crippen LogP contribution < -0.4 is 0 Å². The molecule has 2 rings (SSSR count). The number of aliphatic carboxylic acids is 1. The van der Waals surface area contributed by atoms with Crippen molar-refractivity contribution >= 4 is 16.0 Å². The van der Waals surface area contributed by atoms with Gasteiger partial charge in [-0.05, 0) is 37.1 Å². The van der Waals surface area contributed by atoms with Crippen LogP contribution in [0.15, 0.2) is 29.2 Å². The Balaban J connectivity index is 2.14. The SMILES string of the molecule is O=C(O)C1CCN(S(=O)(=O)c2ccc(F)cc2)CC1. The Bertz CT molecular complexity index is 562. The second kappa shape index (κ2) is 5.26. The third kappa shape index (κ3) is 2.93. The fourth-order valence-electron chi connectivity index (χ4n) is 2.10. The van der Waals surface area contributed by atoms with Crippen molar-refractivity contribution in [1.29, 1.82) is 0 Å². The molecule has 0 unspecified atom stereocenters. The summed E-state index contributed by atoms with van der Waals surface area (Å²) in [6, 6.07) is 4.62. The van der Waals surface area contributed by atoms with Crippen molar-refractivity contribution in [2.75, 3.05) is 13.1 Å². The standard InChI is InChI=1S/C12H14FNO4S/c13-10-1-3-11(4-2-10)19(17,18)14-7-5-9(6-8-14)12(15)16/h1-4,9H,5-8H2,(H,15,16). The molecule has 1 fully saturated rings. The maximum absolute atomic E-state index is 12.8. The summed E-state index contributed by atoms with van der Waals surface area (Å²) in [5, 5.41) is 8.87. The van der Waals surface area contributed by atoms with Gasteiger partial charge in [-0.1, -0.05) is 0 Å². The number of hydrogen-bond acceptors (Lipinski definition) is 3. The normalized spacial score (nSPS) is 18.4. The minimum absolute atomic E-state index is 0.0303. The van der Waals surface area contributed by atoms with Crippen LogP contribution in [0.3, 0.4) is 0 Å². The van der Waals surface area contributed by atoms with Crippen molar-refractivity contribution in [3.8, 4) is 0 Å². The van der Waals surface area contributed by atoms with Crippen molar-refractivity contribution in [2.45, 2.75) is 17.7 Å². The molecule has 0 aromatic heterocycles. The van der Waals surface area contributed by atoms with Crippen LogP contribution in [0, 0.1) is 11.7 Å². The fourth-order valence-corrected chi connectivity index (χ4v) is 3.57. The monoisotopic (exact) mass is 287 g/mol. The Morgan fingerprint density at radius 3 is 2.21 bits per heavy atom. The van der Waals surface area contributed by atoms with E-state index in [-0.39, 0.29) is 18.0 Å². The van der Waals surface area contributed by atoms with E-state index in [9.17, 15) is 17.6 Å². The minimum Gasteiger partial charge on any atom is -0.481 e. The lowest BCUT2D eigenvalue weighted by Gasteiger charge is -2.29. The van der Waals surface area contributed by atoms with Gasteiger partial charge >= 0.3 is 5.97 Å². The molecule has 0 aliphatic carbocycles. The minimum atomic E-state index is -3.65. The molecule has 1 heterocycles. The first kappa shape index (κ1) is 14.0. The van der Waals surface area contributed by atoms with E-state index < -0.39 is 27.7 Å². The lowest BCUT2D eigenvalue weighted by Crippen LogP contribution is -2.40. The van der Waals surface area contributed by atoms with Gasteiger partial charge in [0, 0.05) is 13.1 Å². The van der Waals surface area contributed by atoms with Gasteiger partial charge in [-0.2, -0.15) is 4.31 Å². The molecule has 1 aliphatic heterocycles. The van der Waals surface area contributed by atoms with Crippen molar-refractivity contribution < 1.29 is 22.7 Å². The highest BCUT2D eigenvalue weighted by atomic mass is 32.2. The van der Waals surface area contributed by atoms with Gasteiger partial charge in [0.05, 0.1) is 10.8 Å². The molecule has 5 nitrogen and oxygen atoms in total. The molecular formula is C12H14FNO4S. The number of nitrogens with zero attached hydrogens (tertiary/aromatic N) is 1. The summed E-state index contributed by atoms with van der Waals surface area (Å²) in [5.74, 6) is -1.87. The van der Waals surface area contributed by atoms with Crippen LogP contribution in [-0.4, -0.2) is 36.9 Å². The predicted molar refractivity (Wildman–Crippen MR) is 65.5 cm³/mol. The summed E-state index contributed by atoms with van der Waals surface area (Å²) in [5.41, 5.74) is 0. The Hall–Kier alpha value is -1.47. The first-order valence-corrected chi connectivity index (χ1v) is 7.34. The molecule has 19 heavy (non-hydrogen) atoms. The maximum Gasteiger partial charge on any atom is 0.306 e. The van der Waals surface area contributed by atoms with E-state index in [0.29, 0.717) is 12.8 Å². The van der Waals surface area contributed by atoms with E-state index in [2.05, 4.69) is 0 Å². The van der Waals surface area contributed by atoms with E-state index in [1.165, 1.54) is 16.4 Å². The Morgan fingerprint density at radius 2 is 1.74 bits per heavy atom. The van der Waals surface area contributed by atoms with Gasteiger partial charge in [0.25, 0.3) is 0 Å². The van der Waals surface area contributed by atoms with Gasteiger partial charge in [-0.3, -0.25) is 4.79 Å². The van der Waals surface area contributed by atoms with Crippen LogP contribution in [0.5, 0.6) is 0 Å². The van der Waals surface area contributed by atoms with E-state index in [0.717, 1.165) is 12.1 Å². The average Bonchev–Trinajstić information content (AvgIpc) is 2.39. The van der Waals surface area contributed by atoms with Crippen LogP contribution in [-0.2, 0) is 14.8 Å². The van der Waals surface area contributed by atoms with Crippen molar-refractivity contribution in [3.63, 3.8) is 0 Å². The molecule has 0 amide bonds. The molecule has 1 aliphatic rings. The smallest absolute Gasteiger partial charge is 0.306 e. The highest BCUT2D eigenvalue weighted by Gasteiger charge is 2.31.